The zero-order chi connectivity index (χ0) is 60.7. The molecule has 90 heavy (non-hydrogen) atoms. The first-order chi connectivity index (χ1) is 44.4. The summed E-state index contributed by atoms with van der Waals surface area (Å²) in [6.45, 7) is 12.4. The summed E-state index contributed by atoms with van der Waals surface area (Å²) >= 11 is 0. The molecule has 0 saturated heterocycles. The third-order valence-electron chi connectivity index (χ3n) is 20.9. The molecule has 0 aliphatic heterocycles. The zero-order valence-electron chi connectivity index (χ0n) is 52.7. The van der Waals surface area contributed by atoms with Gasteiger partial charge in [0, 0.05) is 10.8 Å². The van der Waals surface area contributed by atoms with Crippen molar-refractivity contribution in [3.63, 3.8) is 0 Å². The summed E-state index contributed by atoms with van der Waals surface area (Å²) in [6, 6.07) is 96.0. The molecular weight excluding hydrogens is 1080 g/mol. The average molecular weight is 1160 g/mol. The van der Waals surface area contributed by atoms with Crippen molar-refractivity contribution in [1.82, 2.24) is 0 Å². The molecule has 0 atom stereocenters. The second kappa shape index (κ2) is 22.5. The molecule has 438 valence electrons. The van der Waals surface area contributed by atoms with E-state index in [0.29, 0.717) is 6.61 Å². The van der Waals surface area contributed by atoms with Gasteiger partial charge in [0.2, 0.25) is 0 Å². The van der Waals surface area contributed by atoms with Crippen molar-refractivity contribution in [3.8, 4) is 83.6 Å². The van der Waals surface area contributed by atoms with E-state index in [9.17, 15) is 0 Å². The lowest BCUT2D eigenvalue weighted by Gasteiger charge is -2.33. The Morgan fingerprint density at radius 2 is 0.489 bits per heavy atom. The molecule has 0 radical (unpaired) electrons. The molecule has 14 aromatic rings. The van der Waals surface area contributed by atoms with Crippen LogP contribution in [-0.4, -0.2) is 6.61 Å². The van der Waals surface area contributed by atoms with Crippen LogP contribution in [0.15, 0.2) is 249 Å². The third-order valence-corrected chi connectivity index (χ3v) is 20.9. The fourth-order valence-corrected chi connectivity index (χ4v) is 17.6. The number of ether oxygens (including phenoxy) is 1. The lowest BCUT2D eigenvalue weighted by molar-refractivity contribution is 0.317. The quantitative estimate of drug-likeness (QED) is 0.0876. The second-order valence-corrected chi connectivity index (χ2v) is 25.9. The smallest absolute Gasteiger partial charge is 0.119 e. The molecule has 0 saturated carbocycles. The van der Waals surface area contributed by atoms with Crippen LogP contribution in [0.1, 0.15) is 115 Å². The van der Waals surface area contributed by atoms with Crippen LogP contribution in [0.25, 0.3) is 143 Å². The highest BCUT2D eigenvalue weighted by atomic mass is 16.5. The molecule has 0 bridgehead atoms. The second-order valence-electron chi connectivity index (χ2n) is 25.9. The molecule has 0 N–H and O–H groups in total. The molecule has 0 heterocycles. The first-order valence-corrected chi connectivity index (χ1v) is 33.5. The maximum absolute atomic E-state index is 6.06. The Balaban J connectivity index is 0.868. The zero-order valence-corrected chi connectivity index (χ0v) is 52.7. The Morgan fingerprint density at radius 1 is 0.233 bits per heavy atom. The summed E-state index contributed by atoms with van der Waals surface area (Å²) in [5.41, 5.74) is 24.2. The summed E-state index contributed by atoms with van der Waals surface area (Å²) in [6.07, 6.45) is 9.84. The summed E-state index contributed by atoms with van der Waals surface area (Å²) in [5.74, 6) is 0.915. The van der Waals surface area contributed by atoms with Gasteiger partial charge in [-0.3, -0.25) is 0 Å². The largest absolute Gasteiger partial charge is 0.494 e. The third kappa shape index (κ3) is 8.41. The number of hydrogen-bond acceptors (Lipinski definition) is 1. The summed E-state index contributed by atoms with van der Waals surface area (Å²) in [5, 5.41) is 15.3. The topological polar surface area (TPSA) is 9.23 Å². The van der Waals surface area contributed by atoms with Crippen molar-refractivity contribution in [2.75, 3.05) is 6.61 Å². The van der Waals surface area contributed by atoms with E-state index in [1.165, 1.54) is 165 Å². The minimum atomic E-state index is -0.172. The minimum Gasteiger partial charge on any atom is -0.494 e. The van der Waals surface area contributed by atoms with E-state index in [-0.39, 0.29) is 10.8 Å². The molecule has 0 aromatic heterocycles. The fourth-order valence-electron chi connectivity index (χ4n) is 17.6. The predicted octanol–water partition coefficient (Wildman–Crippen LogP) is 25.5. The molecule has 0 spiro atoms. The Bertz CT molecular complexity index is 4990. The van der Waals surface area contributed by atoms with E-state index in [0.717, 1.165) is 63.5 Å². The summed E-state index contributed by atoms with van der Waals surface area (Å²) < 4.78 is 6.06. The van der Waals surface area contributed by atoms with Gasteiger partial charge in [-0.25, -0.2) is 0 Å². The molecule has 0 unspecified atom stereocenters. The van der Waals surface area contributed by atoms with Gasteiger partial charge in [-0.2, -0.15) is 0 Å². The van der Waals surface area contributed by atoms with Gasteiger partial charge in [0.1, 0.15) is 5.75 Å². The van der Waals surface area contributed by atoms with Crippen LogP contribution in [0.4, 0.5) is 0 Å². The minimum absolute atomic E-state index is 0.00533. The van der Waals surface area contributed by atoms with Crippen molar-refractivity contribution in [3.05, 3.63) is 271 Å². The predicted molar refractivity (Wildman–Crippen MR) is 387 cm³/mol. The summed E-state index contributed by atoms with van der Waals surface area (Å²) in [4.78, 5) is 0. The van der Waals surface area contributed by atoms with Crippen molar-refractivity contribution in [2.45, 2.75) is 103 Å². The van der Waals surface area contributed by atoms with Crippen molar-refractivity contribution >= 4 is 64.6 Å². The molecule has 2 aliphatic carbocycles. The van der Waals surface area contributed by atoms with Gasteiger partial charge >= 0.3 is 0 Å². The van der Waals surface area contributed by atoms with Gasteiger partial charge in [-0.15, -0.1) is 0 Å². The van der Waals surface area contributed by atoms with Gasteiger partial charge < -0.3 is 4.74 Å². The van der Waals surface area contributed by atoms with Crippen molar-refractivity contribution in [1.29, 1.82) is 0 Å². The standard InChI is InChI=1S/C89H76O/c1-6-49-88(50-7-2)78-38-24-23-25-62(78)63-46-41-58(54-79(63)88)84-70-30-15-19-34-74(70)86(75-35-20-16-31-71(75)84)87-76-36-21-17-32-72(76)85(73-33-18-22-37-77(73)87)60-43-48-65-64-47-42-59(55-80(64)89(51-8-3,52-9-4)81(65)56-60)83-68-28-13-11-26-66(68)82(67-27-12-14-29-69(67)83)57-39-44-61(45-40-57)90-53-10-5/h11-48,54-56H,6-10,49-53H2,1-5H3. The van der Waals surface area contributed by atoms with Gasteiger partial charge in [0.15, 0.2) is 0 Å². The molecule has 14 aromatic carbocycles. The molecule has 1 heteroatoms. The maximum Gasteiger partial charge on any atom is 0.119 e. The number of benzene rings is 14. The van der Waals surface area contributed by atoms with Crippen LogP contribution in [0.5, 0.6) is 5.75 Å². The van der Waals surface area contributed by atoms with Gasteiger partial charge in [-0.1, -0.05) is 279 Å². The van der Waals surface area contributed by atoms with E-state index >= 15 is 0 Å². The van der Waals surface area contributed by atoms with Gasteiger partial charge in [0.05, 0.1) is 6.61 Å². The molecule has 0 amide bonds. The average Bonchev–Trinajstić information content (AvgIpc) is 1.24. The summed E-state index contributed by atoms with van der Waals surface area (Å²) in [7, 11) is 0. The molecule has 0 fully saturated rings. The SMILES string of the molecule is CCCOc1ccc(-c2c3ccccc3c(-c3ccc4c(c3)C(CCC)(CCC)c3cc(-c5c6ccccc6c(-c6c7ccccc7c(-c7ccc8c(c7)C(CCC)(CCC)c7ccccc7-8)c7ccccc67)c6ccccc56)ccc3-4)c3ccccc23)cc1. The lowest BCUT2D eigenvalue weighted by Crippen LogP contribution is -2.25. The molecule has 2 aliphatic rings. The molecular formula is C89H76O. The fraction of sp³-hybridized carbons (Fsp3) is 0.191. The van der Waals surface area contributed by atoms with Crippen LogP contribution >= 0.6 is 0 Å². The Kier molecular flexibility index (Phi) is 13.9. The van der Waals surface area contributed by atoms with E-state index < -0.39 is 0 Å². The molecule has 16 rings (SSSR count). The van der Waals surface area contributed by atoms with Crippen LogP contribution in [0.3, 0.4) is 0 Å². The highest BCUT2D eigenvalue weighted by Gasteiger charge is 2.44. The van der Waals surface area contributed by atoms with E-state index in [4.69, 9.17) is 4.74 Å². The first kappa shape index (κ1) is 55.7. The van der Waals surface area contributed by atoms with Crippen molar-refractivity contribution < 1.29 is 4.74 Å². The number of fused-ring (bicyclic) bond motifs is 12. The number of rotatable bonds is 16. The van der Waals surface area contributed by atoms with E-state index in [2.05, 4.69) is 283 Å². The first-order valence-electron chi connectivity index (χ1n) is 33.5. The highest BCUT2D eigenvalue weighted by molar-refractivity contribution is 6.30. The van der Waals surface area contributed by atoms with Crippen LogP contribution in [0.2, 0.25) is 0 Å². The van der Waals surface area contributed by atoms with Gasteiger partial charge in [-0.05, 0) is 227 Å². The van der Waals surface area contributed by atoms with Crippen molar-refractivity contribution in [2.24, 2.45) is 0 Å². The Labute approximate surface area is 530 Å². The maximum atomic E-state index is 6.06. The van der Waals surface area contributed by atoms with E-state index in [1.54, 1.807) is 0 Å². The van der Waals surface area contributed by atoms with Gasteiger partial charge in [0.25, 0.3) is 0 Å². The molecule has 1 nitrogen and oxygen atoms in total. The van der Waals surface area contributed by atoms with Crippen LogP contribution in [0, 0.1) is 0 Å². The van der Waals surface area contributed by atoms with Crippen LogP contribution < -0.4 is 4.74 Å². The van der Waals surface area contributed by atoms with E-state index in [1.807, 2.05) is 0 Å². The monoisotopic (exact) mass is 1160 g/mol. The highest BCUT2D eigenvalue weighted by Crippen LogP contribution is 2.59. The Morgan fingerprint density at radius 3 is 0.800 bits per heavy atom. The van der Waals surface area contributed by atoms with Crippen LogP contribution in [-0.2, 0) is 10.8 Å². The number of hydrogen-bond donors (Lipinski definition) is 0. The lowest BCUT2D eigenvalue weighted by atomic mass is 9.70. The Hall–Kier alpha value is -9.56. The normalized spacial score (nSPS) is 13.6.